The molecule has 1 N–H and O–H groups in total. The molecule has 1 aliphatic rings. The van der Waals surface area contributed by atoms with E-state index < -0.39 is 0 Å². The molecule has 0 spiro atoms. The summed E-state index contributed by atoms with van der Waals surface area (Å²) in [6.45, 7) is 13.5. The Bertz CT molecular complexity index is 1530. The highest BCUT2D eigenvalue weighted by molar-refractivity contribution is 5.94. The average molecular weight is 574 g/mol. The monoisotopic (exact) mass is 573 g/mol. The van der Waals surface area contributed by atoms with Gasteiger partial charge < -0.3 is 10.2 Å². The summed E-state index contributed by atoms with van der Waals surface area (Å²) < 4.78 is 16.8. The van der Waals surface area contributed by atoms with E-state index in [0.717, 1.165) is 45.9 Å². The maximum Gasteiger partial charge on any atom is 0.257 e. The first-order chi connectivity index (χ1) is 20.0. The van der Waals surface area contributed by atoms with E-state index in [1.54, 1.807) is 50.2 Å². The van der Waals surface area contributed by atoms with Crippen molar-refractivity contribution in [3.05, 3.63) is 98.5 Å². The van der Waals surface area contributed by atoms with Crippen LogP contribution in [0.25, 0.3) is 17.3 Å². The van der Waals surface area contributed by atoms with E-state index in [2.05, 4.69) is 41.2 Å². The molecule has 8 heteroatoms. The van der Waals surface area contributed by atoms with E-state index >= 15 is 4.39 Å². The van der Waals surface area contributed by atoms with Gasteiger partial charge in [-0.05, 0) is 69.5 Å². The van der Waals surface area contributed by atoms with Crippen molar-refractivity contribution in [1.82, 2.24) is 19.4 Å². The number of rotatable bonds is 7. The summed E-state index contributed by atoms with van der Waals surface area (Å²) in [7, 11) is 5.11. The van der Waals surface area contributed by atoms with E-state index in [4.69, 9.17) is 0 Å². The van der Waals surface area contributed by atoms with Crippen molar-refractivity contribution < 1.29 is 9.18 Å². The molecule has 0 aliphatic carbocycles. The Morgan fingerprint density at radius 1 is 1.17 bits per heavy atom. The molecule has 7 nitrogen and oxygen atoms in total. The standard InChI is InChI=1S/C32H38FN5O2.C2H6/c1-20(17-27-22(3)35-12-8-29(27)38-15-11-26(34-5)19-30(38)39)23(4)37-13-9-24(10-14-37)31-21(2)16-25(18-28(31)33)32(40)36(6)7;1-2/h8-9,11-12,15-19,23,34H,10,13-14H2,1-7H3;1-2H3/b20-17+;. The van der Waals surface area contributed by atoms with Crippen LogP contribution in [-0.2, 0) is 0 Å². The molecule has 42 heavy (non-hydrogen) atoms. The second-order valence-electron chi connectivity index (χ2n) is 10.6. The van der Waals surface area contributed by atoms with Crippen LogP contribution in [0.1, 0.15) is 66.9 Å². The predicted octanol–water partition coefficient (Wildman–Crippen LogP) is 6.34. The van der Waals surface area contributed by atoms with Gasteiger partial charge in [-0.2, -0.15) is 0 Å². The lowest BCUT2D eigenvalue weighted by Gasteiger charge is -2.33. The van der Waals surface area contributed by atoms with E-state index in [9.17, 15) is 9.59 Å². The van der Waals surface area contributed by atoms with E-state index in [1.165, 1.54) is 11.0 Å². The molecule has 1 amide bonds. The lowest BCUT2D eigenvalue weighted by atomic mass is 9.92. The molecule has 0 radical (unpaired) electrons. The van der Waals surface area contributed by atoms with Crippen LogP contribution in [0.15, 0.2) is 59.2 Å². The lowest BCUT2D eigenvalue weighted by molar-refractivity contribution is 0.0827. The summed E-state index contributed by atoms with van der Waals surface area (Å²) in [5, 5.41) is 3.00. The number of nitrogens with zero attached hydrogens (tertiary/aromatic N) is 4. The Morgan fingerprint density at radius 3 is 2.45 bits per heavy atom. The number of aryl methyl sites for hydroxylation is 2. The second kappa shape index (κ2) is 14.2. The quantitative estimate of drug-likeness (QED) is 0.357. The van der Waals surface area contributed by atoms with Gasteiger partial charge in [0, 0.05) is 86.8 Å². The molecule has 0 saturated heterocycles. The first-order valence-corrected chi connectivity index (χ1v) is 14.5. The van der Waals surface area contributed by atoms with Gasteiger partial charge >= 0.3 is 0 Å². The number of hydrogen-bond donors (Lipinski definition) is 1. The molecule has 3 heterocycles. The normalized spacial score (nSPS) is 14.4. The van der Waals surface area contributed by atoms with Gasteiger partial charge in [-0.25, -0.2) is 4.39 Å². The molecule has 0 saturated carbocycles. The molecule has 1 aromatic carbocycles. The largest absolute Gasteiger partial charge is 0.388 e. The molecule has 2 aromatic heterocycles. The van der Waals surface area contributed by atoms with Gasteiger partial charge in [0.15, 0.2) is 0 Å². The highest BCUT2D eigenvalue weighted by Crippen LogP contribution is 2.31. The number of carbonyl (C=O) groups is 1. The maximum absolute atomic E-state index is 15.2. The summed E-state index contributed by atoms with van der Waals surface area (Å²) in [6.07, 6.45) is 8.42. The third-order valence-electron chi connectivity index (χ3n) is 7.72. The zero-order valence-corrected chi connectivity index (χ0v) is 26.4. The van der Waals surface area contributed by atoms with Crippen molar-refractivity contribution in [2.45, 2.75) is 54.0 Å². The number of benzene rings is 1. The zero-order valence-electron chi connectivity index (χ0n) is 26.4. The molecule has 0 fully saturated rings. The fraction of sp³-hybridized carbons (Fsp3) is 0.382. The Morgan fingerprint density at radius 2 is 1.88 bits per heavy atom. The van der Waals surface area contributed by atoms with Crippen molar-refractivity contribution >= 4 is 23.2 Å². The number of anilines is 1. The molecule has 1 atom stereocenters. The predicted molar refractivity (Wildman–Crippen MR) is 172 cm³/mol. The van der Waals surface area contributed by atoms with Crippen LogP contribution < -0.4 is 10.9 Å². The number of aromatic nitrogens is 2. The summed E-state index contributed by atoms with van der Waals surface area (Å²) in [5.74, 6) is -0.563. The van der Waals surface area contributed by atoms with Crippen LogP contribution in [0, 0.1) is 19.7 Å². The molecule has 0 bridgehead atoms. The molecular weight excluding hydrogens is 529 g/mol. The van der Waals surface area contributed by atoms with Crippen LogP contribution in [0.3, 0.4) is 0 Å². The second-order valence-corrected chi connectivity index (χ2v) is 10.6. The van der Waals surface area contributed by atoms with Gasteiger partial charge in [0.1, 0.15) is 5.82 Å². The minimum absolute atomic E-state index is 0.117. The van der Waals surface area contributed by atoms with Crippen molar-refractivity contribution in [2.75, 3.05) is 39.5 Å². The first kappa shape index (κ1) is 32.5. The Labute approximate surface area is 249 Å². The van der Waals surface area contributed by atoms with Crippen LogP contribution in [-0.4, -0.2) is 65.5 Å². The number of pyridine rings is 2. The average Bonchev–Trinajstić information content (AvgIpc) is 2.98. The van der Waals surface area contributed by atoms with Crippen LogP contribution >= 0.6 is 0 Å². The number of nitrogens with one attached hydrogen (secondary N) is 1. The highest BCUT2D eigenvalue weighted by Gasteiger charge is 2.23. The number of halogens is 1. The first-order valence-electron chi connectivity index (χ1n) is 14.5. The maximum atomic E-state index is 15.2. The van der Waals surface area contributed by atoms with E-state index in [0.29, 0.717) is 24.1 Å². The van der Waals surface area contributed by atoms with Gasteiger partial charge in [-0.1, -0.05) is 31.6 Å². The molecule has 1 unspecified atom stereocenters. The van der Waals surface area contributed by atoms with Gasteiger partial charge in [0.05, 0.1) is 5.69 Å². The number of carbonyl (C=O) groups excluding carboxylic acids is 1. The molecule has 3 aromatic rings. The minimum atomic E-state index is -0.355. The number of hydrogen-bond acceptors (Lipinski definition) is 5. The molecular formula is C34H44FN5O2. The lowest BCUT2D eigenvalue weighted by Crippen LogP contribution is -2.37. The minimum Gasteiger partial charge on any atom is -0.388 e. The molecule has 4 rings (SSSR count). The third kappa shape index (κ3) is 7.05. The van der Waals surface area contributed by atoms with Crippen molar-refractivity contribution in [1.29, 1.82) is 0 Å². The third-order valence-corrected chi connectivity index (χ3v) is 7.72. The molecule has 1 aliphatic heterocycles. The Balaban J connectivity index is 0.00000237. The van der Waals surface area contributed by atoms with Gasteiger partial charge in [-0.15, -0.1) is 0 Å². The molecule has 224 valence electrons. The smallest absolute Gasteiger partial charge is 0.257 e. The Hall–Kier alpha value is -4.04. The van der Waals surface area contributed by atoms with E-state index in [-0.39, 0.29) is 23.3 Å². The topological polar surface area (TPSA) is 70.5 Å². The summed E-state index contributed by atoms with van der Waals surface area (Å²) in [4.78, 5) is 33.4. The van der Waals surface area contributed by atoms with Gasteiger partial charge in [-0.3, -0.25) is 24.0 Å². The van der Waals surface area contributed by atoms with E-state index in [1.807, 2.05) is 39.8 Å². The van der Waals surface area contributed by atoms with Crippen molar-refractivity contribution in [3.8, 4) is 5.69 Å². The number of amides is 1. The summed E-state index contributed by atoms with van der Waals surface area (Å²) >= 11 is 0. The highest BCUT2D eigenvalue weighted by atomic mass is 19.1. The summed E-state index contributed by atoms with van der Waals surface area (Å²) in [5.41, 5.74) is 7.03. The van der Waals surface area contributed by atoms with Gasteiger partial charge in [0.2, 0.25) is 0 Å². The van der Waals surface area contributed by atoms with Crippen molar-refractivity contribution in [3.63, 3.8) is 0 Å². The Kier molecular flexibility index (Phi) is 11.0. The van der Waals surface area contributed by atoms with Crippen LogP contribution in [0.2, 0.25) is 0 Å². The fourth-order valence-corrected chi connectivity index (χ4v) is 5.22. The van der Waals surface area contributed by atoms with Gasteiger partial charge in [0.25, 0.3) is 11.5 Å². The van der Waals surface area contributed by atoms with Crippen LogP contribution in [0.4, 0.5) is 10.1 Å². The zero-order chi connectivity index (χ0) is 31.1. The summed E-state index contributed by atoms with van der Waals surface area (Å²) in [6, 6.07) is 8.55. The van der Waals surface area contributed by atoms with Crippen molar-refractivity contribution in [2.24, 2.45) is 0 Å². The SMILES string of the molecule is CC.CNc1ccn(-c2ccnc(C)c2/C=C(\C)C(C)N2CC=C(c3c(C)cc(C(=O)N(C)C)cc3F)CC2)c(=O)c1. The fourth-order valence-electron chi connectivity index (χ4n) is 5.22. The van der Waals surface area contributed by atoms with Crippen LogP contribution in [0.5, 0.6) is 0 Å².